The van der Waals surface area contributed by atoms with Gasteiger partial charge in [-0.2, -0.15) is 12.7 Å². The monoisotopic (exact) mass is 319 g/mol. The van der Waals surface area contributed by atoms with Crippen molar-refractivity contribution in [3.8, 4) is 0 Å². The maximum atomic E-state index is 11.8. The highest BCUT2D eigenvalue weighted by Gasteiger charge is 2.12. The zero-order valence-electron chi connectivity index (χ0n) is 13.2. The average Bonchev–Trinajstić information content (AvgIpc) is 2.44. The van der Waals surface area contributed by atoms with E-state index in [4.69, 9.17) is 0 Å². The summed E-state index contributed by atoms with van der Waals surface area (Å²) in [5.41, 5.74) is 4.84. The lowest BCUT2D eigenvalue weighted by Crippen LogP contribution is -2.28. The molecule has 0 saturated heterocycles. The molecule has 0 unspecified atom stereocenters. The van der Waals surface area contributed by atoms with E-state index in [1.54, 1.807) is 12.1 Å². The second-order valence-corrected chi connectivity index (χ2v) is 7.24. The first-order valence-electron chi connectivity index (χ1n) is 6.93. The minimum absolute atomic E-state index is 0.528. The molecule has 2 N–H and O–H groups in total. The number of hydrogen-bond donors (Lipinski definition) is 2. The van der Waals surface area contributed by atoms with Crippen molar-refractivity contribution in [3.63, 3.8) is 0 Å². The van der Waals surface area contributed by atoms with E-state index in [2.05, 4.69) is 36.0 Å². The van der Waals surface area contributed by atoms with Crippen molar-refractivity contribution in [2.45, 2.75) is 13.8 Å². The third-order valence-electron chi connectivity index (χ3n) is 3.36. The molecular weight excluding hydrogens is 298 g/mol. The topological polar surface area (TPSA) is 61.4 Å². The van der Waals surface area contributed by atoms with Crippen LogP contribution in [0.4, 0.5) is 17.1 Å². The first-order chi connectivity index (χ1) is 10.3. The van der Waals surface area contributed by atoms with Crippen LogP contribution in [-0.2, 0) is 10.2 Å². The molecule has 0 aliphatic carbocycles. The van der Waals surface area contributed by atoms with Gasteiger partial charge in [-0.1, -0.05) is 18.2 Å². The molecule has 0 aliphatic heterocycles. The van der Waals surface area contributed by atoms with E-state index in [1.165, 1.54) is 14.1 Å². The van der Waals surface area contributed by atoms with Crippen molar-refractivity contribution >= 4 is 27.3 Å². The van der Waals surface area contributed by atoms with E-state index in [1.807, 2.05) is 18.2 Å². The van der Waals surface area contributed by atoms with E-state index in [0.29, 0.717) is 5.69 Å². The Kier molecular flexibility index (Phi) is 4.73. The molecule has 118 valence electrons. The van der Waals surface area contributed by atoms with Crippen LogP contribution in [0.5, 0.6) is 0 Å². The van der Waals surface area contributed by atoms with E-state index >= 15 is 0 Å². The molecule has 22 heavy (non-hydrogen) atoms. The van der Waals surface area contributed by atoms with Crippen LogP contribution < -0.4 is 10.0 Å². The number of anilines is 3. The molecule has 0 aromatic heterocycles. The van der Waals surface area contributed by atoms with Gasteiger partial charge in [0.25, 0.3) is 0 Å². The fourth-order valence-electron chi connectivity index (χ4n) is 2.02. The van der Waals surface area contributed by atoms with E-state index in [-0.39, 0.29) is 0 Å². The van der Waals surface area contributed by atoms with Gasteiger partial charge in [-0.15, -0.1) is 0 Å². The summed E-state index contributed by atoms with van der Waals surface area (Å²) in [5, 5.41) is 3.37. The van der Waals surface area contributed by atoms with Gasteiger partial charge in [0, 0.05) is 31.2 Å². The summed E-state index contributed by atoms with van der Waals surface area (Å²) >= 11 is 0. The van der Waals surface area contributed by atoms with E-state index in [9.17, 15) is 8.42 Å². The SMILES string of the molecule is Cc1cccc(C)c1Nc1ccc(NS(=O)(=O)N(C)C)cc1. The van der Waals surface area contributed by atoms with Crippen molar-refractivity contribution in [1.29, 1.82) is 0 Å². The lowest BCUT2D eigenvalue weighted by molar-refractivity contribution is 0.527. The summed E-state index contributed by atoms with van der Waals surface area (Å²) < 4.78 is 27.2. The van der Waals surface area contributed by atoms with E-state index in [0.717, 1.165) is 26.8 Å². The molecule has 0 aliphatic rings. The minimum atomic E-state index is -3.47. The van der Waals surface area contributed by atoms with Gasteiger partial charge in [-0.05, 0) is 49.2 Å². The van der Waals surface area contributed by atoms with Gasteiger partial charge < -0.3 is 5.32 Å². The van der Waals surface area contributed by atoms with Gasteiger partial charge in [0.1, 0.15) is 0 Å². The van der Waals surface area contributed by atoms with Crippen LogP contribution in [0.1, 0.15) is 11.1 Å². The Morgan fingerprint density at radius 2 is 1.36 bits per heavy atom. The molecule has 0 fully saturated rings. The van der Waals surface area contributed by atoms with Gasteiger partial charge in [0.15, 0.2) is 0 Å². The summed E-state index contributed by atoms with van der Waals surface area (Å²) in [6.07, 6.45) is 0. The third kappa shape index (κ3) is 3.78. The van der Waals surface area contributed by atoms with Gasteiger partial charge in [-0.25, -0.2) is 0 Å². The highest BCUT2D eigenvalue weighted by molar-refractivity contribution is 7.90. The highest BCUT2D eigenvalue weighted by Crippen LogP contribution is 2.25. The van der Waals surface area contributed by atoms with Crippen molar-refractivity contribution in [2.75, 3.05) is 24.1 Å². The van der Waals surface area contributed by atoms with Crippen molar-refractivity contribution in [3.05, 3.63) is 53.6 Å². The molecule has 0 radical (unpaired) electrons. The normalized spacial score (nSPS) is 11.5. The summed E-state index contributed by atoms with van der Waals surface area (Å²) in [5.74, 6) is 0. The lowest BCUT2D eigenvalue weighted by atomic mass is 10.1. The van der Waals surface area contributed by atoms with Crippen molar-refractivity contribution < 1.29 is 8.42 Å². The van der Waals surface area contributed by atoms with Gasteiger partial charge in [-0.3, -0.25) is 4.72 Å². The zero-order valence-corrected chi connectivity index (χ0v) is 14.0. The fraction of sp³-hybridized carbons (Fsp3) is 0.250. The van der Waals surface area contributed by atoms with Gasteiger partial charge in [0.2, 0.25) is 0 Å². The zero-order chi connectivity index (χ0) is 16.3. The number of aryl methyl sites for hydroxylation is 2. The quantitative estimate of drug-likeness (QED) is 0.889. The van der Waals surface area contributed by atoms with E-state index < -0.39 is 10.2 Å². The number of para-hydroxylation sites is 1. The minimum Gasteiger partial charge on any atom is -0.355 e. The molecular formula is C16H21N3O2S. The Hall–Kier alpha value is -2.05. The summed E-state index contributed by atoms with van der Waals surface area (Å²) in [7, 11) is -0.503. The Bertz CT molecular complexity index is 733. The predicted octanol–water partition coefficient (Wildman–Crippen LogP) is 3.27. The molecule has 0 spiro atoms. The number of rotatable bonds is 5. The average molecular weight is 319 g/mol. The summed E-state index contributed by atoms with van der Waals surface area (Å²) in [4.78, 5) is 0. The number of benzene rings is 2. The standard InChI is InChI=1S/C16H21N3O2S/c1-12-6-5-7-13(2)16(12)17-14-8-10-15(11-9-14)18-22(20,21)19(3)4/h5-11,17-18H,1-4H3. The Balaban J connectivity index is 2.16. The number of hydrogen-bond acceptors (Lipinski definition) is 3. The maximum Gasteiger partial charge on any atom is 0.301 e. The van der Waals surface area contributed by atoms with Gasteiger partial charge >= 0.3 is 10.2 Å². The molecule has 0 heterocycles. The fourth-order valence-corrected chi connectivity index (χ4v) is 2.63. The highest BCUT2D eigenvalue weighted by atomic mass is 32.2. The summed E-state index contributed by atoms with van der Waals surface area (Å²) in [6, 6.07) is 13.3. The van der Waals surface area contributed by atoms with Crippen LogP contribution in [0.25, 0.3) is 0 Å². The Labute approximate surface area is 132 Å². The first kappa shape index (κ1) is 16.3. The summed E-state index contributed by atoms with van der Waals surface area (Å²) in [6.45, 7) is 4.10. The first-order valence-corrected chi connectivity index (χ1v) is 8.37. The van der Waals surface area contributed by atoms with Gasteiger partial charge in [0.05, 0.1) is 0 Å². The molecule has 5 nitrogen and oxygen atoms in total. The molecule has 2 rings (SSSR count). The maximum absolute atomic E-state index is 11.8. The van der Waals surface area contributed by atoms with Crippen molar-refractivity contribution in [1.82, 2.24) is 4.31 Å². The number of nitrogens with zero attached hydrogens (tertiary/aromatic N) is 1. The van der Waals surface area contributed by atoms with Crippen LogP contribution in [0.2, 0.25) is 0 Å². The molecule has 0 atom stereocenters. The lowest BCUT2D eigenvalue weighted by Gasteiger charge is -2.15. The van der Waals surface area contributed by atoms with Crippen LogP contribution in [0.3, 0.4) is 0 Å². The molecule has 2 aromatic rings. The molecule has 2 aromatic carbocycles. The Morgan fingerprint density at radius 1 is 0.864 bits per heavy atom. The van der Waals surface area contributed by atoms with Crippen LogP contribution in [0, 0.1) is 13.8 Å². The third-order valence-corrected chi connectivity index (χ3v) is 4.82. The van der Waals surface area contributed by atoms with Crippen LogP contribution in [-0.4, -0.2) is 26.8 Å². The molecule has 0 amide bonds. The van der Waals surface area contributed by atoms with Crippen LogP contribution >= 0.6 is 0 Å². The van der Waals surface area contributed by atoms with Crippen molar-refractivity contribution in [2.24, 2.45) is 0 Å². The smallest absolute Gasteiger partial charge is 0.301 e. The second kappa shape index (κ2) is 6.37. The van der Waals surface area contributed by atoms with Crippen LogP contribution in [0.15, 0.2) is 42.5 Å². The predicted molar refractivity (Wildman–Crippen MR) is 91.9 cm³/mol. The molecule has 6 heteroatoms. The molecule has 0 saturated carbocycles. The Morgan fingerprint density at radius 3 is 1.86 bits per heavy atom. The molecule has 0 bridgehead atoms. The second-order valence-electron chi connectivity index (χ2n) is 5.36. The largest absolute Gasteiger partial charge is 0.355 e. The number of nitrogens with one attached hydrogen (secondary N) is 2.